The highest BCUT2D eigenvalue weighted by Crippen LogP contribution is 2.09. The summed E-state index contributed by atoms with van der Waals surface area (Å²) in [5, 5.41) is 13.8. The Morgan fingerprint density at radius 3 is 2.41 bits per heavy atom. The first kappa shape index (κ1) is 12.6. The number of nitrogens with one attached hydrogen (secondary N) is 1. The average molecular weight is 237 g/mol. The minimum Gasteiger partial charge on any atom is -0.480 e. The number of carbonyl (C=O) groups excluding carboxylic acids is 1. The normalized spacial score (nSPS) is 11.4. The lowest BCUT2D eigenvalue weighted by atomic mass is 10.3. The van der Waals surface area contributed by atoms with Gasteiger partial charge in [-0.15, -0.1) is 4.91 Å². The number of carboxylic acid groups (broad SMARTS) is 1. The summed E-state index contributed by atoms with van der Waals surface area (Å²) in [4.78, 5) is 32.6. The molecular weight excluding hydrogens is 226 g/mol. The number of urea groups is 1. The molecule has 0 bridgehead atoms. The lowest BCUT2D eigenvalue weighted by Crippen LogP contribution is -2.41. The predicted molar refractivity (Wildman–Crippen MR) is 60.2 cm³/mol. The maximum atomic E-state index is 11.5. The molecule has 17 heavy (non-hydrogen) atoms. The molecule has 2 N–H and O–H groups in total. The highest BCUT2D eigenvalue weighted by molar-refractivity contribution is 5.91. The van der Waals surface area contributed by atoms with Crippen molar-refractivity contribution >= 4 is 17.7 Å². The number of carbonyl (C=O) groups is 2. The molecule has 90 valence electrons. The van der Waals surface area contributed by atoms with Gasteiger partial charge in [0.2, 0.25) is 0 Å². The van der Waals surface area contributed by atoms with Gasteiger partial charge in [0.1, 0.15) is 0 Å². The van der Waals surface area contributed by atoms with Gasteiger partial charge < -0.3 is 10.4 Å². The van der Waals surface area contributed by atoms with E-state index in [9.17, 15) is 14.5 Å². The Kier molecular flexibility index (Phi) is 4.15. The first-order valence-corrected chi connectivity index (χ1v) is 4.77. The molecular formula is C10H11N3O4. The summed E-state index contributed by atoms with van der Waals surface area (Å²) in [5.41, 5.74) is 0.448. The van der Waals surface area contributed by atoms with E-state index in [1.807, 2.05) is 0 Å². The van der Waals surface area contributed by atoms with E-state index in [4.69, 9.17) is 5.11 Å². The average Bonchev–Trinajstić information content (AvgIpc) is 2.30. The van der Waals surface area contributed by atoms with Gasteiger partial charge in [-0.2, -0.15) is 5.01 Å². The van der Waals surface area contributed by atoms with Gasteiger partial charge in [0, 0.05) is 5.69 Å². The van der Waals surface area contributed by atoms with Crippen molar-refractivity contribution in [2.75, 3.05) is 5.32 Å². The molecule has 1 unspecified atom stereocenters. The van der Waals surface area contributed by atoms with Crippen molar-refractivity contribution in [3.63, 3.8) is 0 Å². The highest BCUT2D eigenvalue weighted by atomic mass is 16.4. The number of anilines is 1. The molecule has 1 atom stereocenters. The Morgan fingerprint density at radius 1 is 1.35 bits per heavy atom. The second kappa shape index (κ2) is 5.59. The molecule has 0 radical (unpaired) electrons. The van der Waals surface area contributed by atoms with Crippen LogP contribution in [-0.4, -0.2) is 28.2 Å². The number of rotatable bonds is 4. The fourth-order valence-electron chi connectivity index (χ4n) is 1.09. The Morgan fingerprint density at radius 2 is 1.94 bits per heavy atom. The summed E-state index contributed by atoms with van der Waals surface area (Å²) in [6.45, 7) is 1.19. The first-order valence-electron chi connectivity index (χ1n) is 4.77. The Labute approximate surface area is 97.0 Å². The Hall–Kier alpha value is -2.44. The van der Waals surface area contributed by atoms with E-state index >= 15 is 0 Å². The largest absolute Gasteiger partial charge is 0.480 e. The summed E-state index contributed by atoms with van der Waals surface area (Å²) < 4.78 is 0. The molecule has 1 aromatic carbocycles. The molecule has 1 rings (SSSR count). The van der Waals surface area contributed by atoms with E-state index in [2.05, 4.69) is 10.6 Å². The van der Waals surface area contributed by atoms with Crippen LogP contribution in [0.1, 0.15) is 6.92 Å². The van der Waals surface area contributed by atoms with Crippen molar-refractivity contribution in [1.29, 1.82) is 0 Å². The fourth-order valence-corrected chi connectivity index (χ4v) is 1.09. The van der Waals surface area contributed by atoms with Crippen LogP contribution in [0.25, 0.3) is 0 Å². The van der Waals surface area contributed by atoms with Gasteiger partial charge in [0.25, 0.3) is 0 Å². The van der Waals surface area contributed by atoms with Crippen LogP contribution in [0.3, 0.4) is 0 Å². The standard InChI is InChI=1S/C10H11N3O4/c1-7(9(14)15)13(12-17)10(16)11-8-5-3-2-4-6-8/h2-7H,1H3,(H,11,16)(H,14,15). The quantitative estimate of drug-likeness (QED) is 0.614. The number of nitrogens with zero attached hydrogens (tertiary/aromatic N) is 2. The molecule has 0 heterocycles. The summed E-state index contributed by atoms with van der Waals surface area (Å²) in [5.74, 6) is -1.31. The topological polar surface area (TPSA) is 99.1 Å². The lowest BCUT2D eigenvalue weighted by Gasteiger charge is -2.17. The van der Waals surface area contributed by atoms with Crippen molar-refractivity contribution < 1.29 is 14.7 Å². The number of aliphatic carboxylic acids is 1. The number of hydrogen-bond acceptors (Lipinski definition) is 4. The van der Waals surface area contributed by atoms with E-state index in [1.165, 1.54) is 6.92 Å². The van der Waals surface area contributed by atoms with Gasteiger partial charge >= 0.3 is 12.0 Å². The van der Waals surface area contributed by atoms with E-state index in [0.717, 1.165) is 0 Å². The van der Waals surface area contributed by atoms with E-state index in [-0.39, 0.29) is 0 Å². The third-order valence-electron chi connectivity index (χ3n) is 2.05. The highest BCUT2D eigenvalue weighted by Gasteiger charge is 2.26. The molecule has 0 saturated carbocycles. The number of benzene rings is 1. The minimum atomic E-state index is -1.32. The molecule has 2 amide bonds. The van der Waals surface area contributed by atoms with Crippen molar-refractivity contribution in [3.8, 4) is 0 Å². The zero-order valence-corrected chi connectivity index (χ0v) is 9.03. The van der Waals surface area contributed by atoms with Gasteiger partial charge in [-0.25, -0.2) is 9.59 Å². The van der Waals surface area contributed by atoms with Crippen LogP contribution in [0.2, 0.25) is 0 Å². The zero-order chi connectivity index (χ0) is 12.8. The third kappa shape index (κ3) is 3.26. The number of carboxylic acids is 1. The Bertz CT molecular complexity index is 421. The van der Waals surface area contributed by atoms with Crippen LogP contribution in [0.15, 0.2) is 35.6 Å². The van der Waals surface area contributed by atoms with Crippen LogP contribution < -0.4 is 5.32 Å². The van der Waals surface area contributed by atoms with Crippen molar-refractivity contribution in [1.82, 2.24) is 5.01 Å². The number of hydrogen-bond donors (Lipinski definition) is 2. The van der Waals surface area contributed by atoms with Crippen LogP contribution in [0, 0.1) is 4.91 Å². The number of nitroso groups, excluding NO2 is 1. The van der Waals surface area contributed by atoms with Crippen molar-refractivity contribution in [3.05, 3.63) is 35.2 Å². The monoisotopic (exact) mass is 237 g/mol. The molecule has 0 saturated heterocycles. The summed E-state index contributed by atoms with van der Waals surface area (Å²) in [6.07, 6.45) is 0. The van der Waals surface area contributed by atoms with Gasteiger partial charge in [0.05, 0.1) is 5.29 Å². The SMILES string of the molecule is CC(C(=O)O)N(N=O)C(=O)Nc1ccccc1. The molecule has 0 aliphatic rings. The van der Waals surface area contributed by atoms with Crippen LogP contribution in [0.5, 0.6) is 0 Å². The smallest absolute Gasteiger partial charge is 0.345 e. The van der Waals surface area contributed by atoms with Crippen LogP contribution in [-0.2, 0) is 4.79 Å². The second-order valence-corrected chi connectivity index (χ2v) is 3.24. The van der Waals surface area contributed by atoms with Crippen molar-refractivity contribution in [2.45, 2.75) is 13.0 Å². The molecule has 0 aromatic heterocycles. The van der Waals surface area contributed by atoms with Crippen LogP contribution >= 0.6 is 0 Å². The van der Waals surface area contributed by atoms with E-state index < -0.39 is 18.0 Å². The summed E-state index contributed by atoms with van der Waals surface area (Å²) in [7, 11) is 0. The summed E-state index contributed by atoms with van der Waals surface area (Å²) >= 11 is 0. The molecule has 7 nitrogen and oxygen atoms in total. The first-order chi connectivity index (χ1) is 8.06. The zero-order valence-electron chi connectivity index (χ0n) is 9.03. The Balaban J connectivity index is 2.74. The molecule has 1 aromatic rings. The van der Waals surface area contributed by atoms with Crippen molar-refractivity contribution in [2.24, 2.45) is 5.29 Å². The van der Waals surface area contributed by atoms with E-state index in [0.29, 0.717) is 10.7 Å². The van der Waals surface area contributed by atoms with Gasteiger partial charge in [-0.05, 0) is 19.1 Å². The fraction of sp³-hybridized carbons (Fsp3) is 0.200. The molecule has 7 heteroatoms. The lowest BCUT2D eigenvalue weighted by molar-refractivity contribution is -0.141. The minimum absolute atomic E-state index is 0.329. The number of amides is 2. The summed E-state index contributed by atoms with van der Waals surface area (Å²) in [6, 6.07) is 6.13. The maximum Gasteiger partial charge on any atom is 0.345 e. The van der Waals surface area contributed by atoms with Gasteiger partial charge in [-0.1, -0.05) is 18.2 Å². The molecule has 0 aliphatic carbocycles. The maximum absolute atomic E-state index is 11.5. The molecule has 0 aliphatic heterocycles. The van der Waals surface area contributed by atoms with Gasteiger partial charge in [-0.3, -0.25) is 0 Å². The predicted octanol–water partition coefficient (Wildman–Crippen LogP) is 1.68. The second-order valence-electron chi connectivity index (χ2n) is 3.24. The molecule has 0 fully saturated rings. The van der Waals surface area contributed by atoms with Crippen LogP contribution in [0.4, 0.5) is 10.5 Å². The van der Waals surface area contributed by atoms with E-state index in [1.54, 1.807) is 30.3 Å². The number of para-hydroxylation sites is 1. The van der Waals surface area contributed by atoms with Gasteiger partial charge in [0.15, 0.2) is 6.04 Å². The third-order valence-corrected chi connectivity index (χ3v) is 2.05. The molecule has 0 spiro atoms.